The van der Waals surface area contributed by atoms with Crippen LogP contribution in [0.3, 0.4) is 0 Å². The Morgan fingerprint density at radius 3 is 2.45 bits per heavy atom. The Hall–Kier alpha value is -2.65. The third-order valence-electron chi connectivity index (χ3n) is 5.15. The molecule has 31 heavy (non-hydrogen) atoms. The number of nitrogens with one attached hydrogen (secondary N) is 1. The maximum absolute atomic E-state index is 13.1. The maximum atomic E-state index is 13.1. The number of nitrogens with zero attached hydrogens (tertiary/aromatic N) is 1. The molecule has 3 rings (SSSR count). The highest BCUT2D eigenvalue weighted by atomic mass is 32.2. The first kappa shape index (κ1) is 23.0. The minimum Gasteiger partial charge on any atom is -0.497 e. The average molecular weight is 451 g/mol. The van der Waals surface area contributed by atoms with Crippen LogP contribution in [0.2, 0.25) is 0 Å². The number of halogens is 1. The van der Waals surface area contributed by atoms with Crippen molar-refractivity contribution in [2.75, 3.05) is 26.8 Å². The number of piperidine rings is 1. The molecule has 1 saturated heterocycles. The normalized spacial score (nSPS) is 18.2. The van der Waals surface area contributed by atoms with Crippen LogP contribution in [0, 0.1) is 11.7 Å². The Morgan fingerprint density at radius 1 is 1.16 bits per heavy atom. The van der Waals surface area contributed by atoms with E-state index in [0.29, 0.717) is 25.1 Å². The van der Waals surface area contributed by atoms with E-state index >= 15 is 0 Å². The molecule has 1 N–H and O–H groups in total. The van der Waals surface area contributed by atoms with Crippen molar-refractivity contribution in [2.45, 2.75) is 30.7 Å². The first-order valence-corrected chi connectivity index (χ1v) is 11.6. The van der Waals surface area contributed by atoms with Gasteiger partial charge in [-0.2, -0.15) is 4.31 Å². The van der Waals surface area contributed by atoms with Crippen molar-refractivity contribution in [1.82, 2.24) is 9.62 Å². The summed E-state index contributed by atoms with van der Waals surface area (Å²) in [6.07, 6.45) is 1.18. The summed E-state index contributed by atoms with van der Waals surface area (Å²) in [4.78, 5) is 12.7. The van der Waals surface area contributed by atoms with Gasteiger partial charge < -0.3 is 14.8 Å². The van der Waals surface area contributed by atoms with E-state index in [9.17, 15) is 17.6 Å². The SMILES string of the molecule is COc1ccc(OC[C@@H](C)NC(=O)[C@H]2CCCN(S(=O)(=O)c3ccc(F)cc3)C2)cc1. The van der Waals surface area contributed by atoms with Crippen molar-refractivity contribution < 1.29 is 27.1 Å². The number of methoxy groups -OCH3 is 1. The second-order valence-electron chi connectivity index (χ2n) is 7.55. The number of sulfonamides is 1. The largest absolute Gasteiger partial charge is 0.497 e. The Balaban J connectivity index is 1.54. The summed E-state index contributed by atoms with van der Waals surface area (Å²) < 4.78 is 50.9. The van der Waals surface area contributed by atoms with Gasteiger partial charge in [0.2, 0.25) is 15.9 Å². The molecular formula is C22H27FN2O5S. The molecule has 1 heterocycles. The fourth-order valence-corrected chi connectivity index (χ4v) is 4.95. The summed E-state index contributed by atoms with van der Waals surface area (Å²) in [6.45, 7) is 2.54. The summed E-state index contributed by atoms with van der Waals surface area (Å²) in [6, 6.07) is 11.6. The lowest BCUT2D eigenvalue weighted by Gasteiger charge is -2.31. The molecule has 168 valence electrons. The van der Waals surface area contributed by atoms with Crippen LogP contribution in [0.25, 0.3) is 0 Å². The first-order chi connectivity index (χ1) is 14.8. The van der Waals surface area contributed by atoms with Crippen LogP contribution in [0.4, 0.5) is 4.39 Å². The van der Waals surface area contributed by atoms with Gasteiger partial charge in [-0.15, -0.1) is 0 Å². The van der Waals surface area contributed by atoms with Crippen molar-refractivity contribution in [3.05, 3.63) is 54.3 Å². The zero-order chi connectivity index (χ0) is 22.4. The molecule has 7 nitrogen and oxygen atoms in total. The standard InChI is InChI=1S/C22H27FN2O5S/c1-16(15-30-20-9-7-19(29-2)8-10-20)24-22(26)17-4-3-13-25(14-17)31(27,28)21-11-5-18(23)6-12-21/h5-12,16-17H,3-4,13-15H2,1-2H3,(H,24,26)/t16-,17+/m1/s1. The van der Waals surface area contributed by atoms with Crippen molar-refractivity contribution in [2.24, 2.45) is 5.92 Å². The van der Waals surface area contributed by atoms with Gasteiger partial charge >= 0.3 is 0 Å². The monoisotopic (exact) mass is 450 g/mol. The Kier molecular flexibility index (Phi) is 7.50. The zero-order valence-corrected chi connectivity index (χ0v) is 18.4. The number of ether oxygens (including phenoxy) is 2. The van der Waals surface area contributed by atoms with E-state index in [0.717, 1.165) is 17.9 Å². The summed E-state index contributed by atoms with van der Waals surface area (Å²) in [5.74, 6) is 0.236. The zero-order valence-electron chi connectivity index (χ0n) is 17.6. The van der Waals surface area contributed by atoms with E-state index in [2.05, 4.69) is 5.32 Å². The van der Waals surface area contributed by atoms with Crippen molar-refractivity contribution >= 4 is 15.9 Å². The van der Waals surface area contributed by atoms with Gasteiger partial charge in [0.25, 0.3) is 0 Å². The molecule has 1 aliphatic heterocycles. The van der Waals surface area contributed by atoms with Gasteiger partial charge in [-0.1, -0.05) is 0 Å². The molecule has 0 saturated carbocycles. The lowest BCUT2D eigenvalue weighted by Crippen LogP contribution is -2.48. The number of carbonyl (C=O) groups is 1. The Labute approximate surface area is 182 Å². The van der Waals surface area contributed by atoms with Gasteiger partial charge in [0.05, 0.1) is 24.0 Å². The van der Waals surface area contributed by atoms with E-state index in [-0.39, 0.29) is 30.0 Å². The fraction of sp³-hybridized carbons (Fsp3) is 0.409. The third-order valence-corrected chi connectivity index (χ3v) is 7.03. The summed E-state index contributed by atoms with van der Waals surface area (Å²) in [5.41, 5.74) is 0. The Morgan fingerprint density at radius 2 is 1.81 bits per heavy atom. The van der Waals surface area contributed by atoms with Crippen molar-refractivity contribution in [1.29, 1.82) is 0 Å². The number of hydrogen-bond acceptors (Lipinski definition) is 5. The number of benzene rings is 2. The van der Waals surface area contributed by atoms with Gasteiger partial charge in [-0.25, -0.2) is 12.8 Å². The number of rotatable bonds is 8. The van der Waals surface area contributed by atoms with Gasteiger partial charge in [-0.3, -0.25) is 4.79 Å². The summed E-state index contributed by atoms with van der Waals surface area (Å²) in [7, 11) is -2.19. The van der Waals surface area contributed by atoms with Gasteiger partial charge in [0, 0.05) is 13.1 Å². The lowest BCUT2D eigenvalue weighted by molar-refractivity contribution is -0.126. The van der Waals surface area contributed by atoms with Crippen LogP contribution in [-0.2, 0) is 14.8 Å². The molecule has 9 heteroatoms. The van der Waals surface area contributed by atoms with E-state index in [4.69, 9.17) is 9.47 Å². The molecular weight excluding hydrogens is 423 g/mol. The Bertz CT molecular complexity index is 980. The highest BCUT2D eigenvalue weighted by Crippen LogP contribution is 2.24. The number of carbonyl (C=O) groups excluding carboxylic acids is 1. The molecule has 0 radical (unpaired) electrons. The topological polar surface area (TPSA) is 84.9 Å². The van der Waals surface area contributed by atoms with E-state index in [1.807, 2.05) is 6.92 Å². The molecule has 1 amide bonds. The molecule has 0 aromatic heterocycles. The van der Waals surface area contributed by atoms with Crippen molar-refractivity contribution in [3.63, 3.8) is 0 Å². The third kappa shape index (κ3) is 5.95. The molecule has 2 atom stereocenters. The van der Waals surface area contributed by atoms with Crippen LogP contribution in [0.1, 0.15) is 19.8 Å². The highest BCUT2D eigenvalue weighted by Gasteiger charge is 2.33. The molecule has 0 spiro atoms. The minimum absolute atomic E-state index is 0.0243. The van der Waals surface area contributed by atoms with Crippen LogP contribution < -0.4 is 14.8 Å². The lowest BCUT2D eigenvalue weighted by atomic mass is 9.98. The van der Waals surface area contributed by atoms with Crippen LogP contribution >= 0.6 is 0 Å². The fourth-order valence-electron chi connectivity index (χ4n) is 3.43. The second kappa shape index (κ2) is 10.1. The second-order valence-corrected chi connectivity index (χ2v) is 9.49. The van der Waals surface area contributed by atoms with Crippen molar-refractivity contribution in [3.8, 4) is 11.5 Å². The average Bonchev–Trinajstić information content (AvgIpc) is 2.78. The summed E-state index contributed by atoms with van der Waals surface area (Å²) in [5, 5.41) is 2.90. The predicted octanol–water partition coefficient (Wildman–Crippen LogP) is 2.82. The van der Waals surface area contributed by atoms with Crippen LogP contribution in [0.5, 0.6) is 11.5 Å². The molecule has 2 aromatic carbocycles. The summed E-state index contributed by atoms with van der Waals surface area (Å²) >= 11 is 0. The predicted molar refractivity (Wildman–Crippen MR) is 114 cm³/mol. The highest BCUT2D eigenvalue weighted by molar-refractivity contribution is 7.89. The van der Waals surface area contributed by atoms with E-state index in [1.165, 1.54) is 16.4 Å². The molecule has 0 aliphatic carbocycles. The smallest absolute Gasteiger partial charge is 0.243 e. The van der Waals surface area contributed by atoms with Crippen LogP contribution in [0.15, 0.2) is 53.4 Å². The molecule has 0 bridgehead atoms. The van der Waals surface area contributed by atoms with Gasteiger partial charge in [-0.05, 0) is 68.3 Å². The number of hydrogen-bond donors (Lipinski definition) is 1. The number of amides is 1. The van der Waals surface area contributed by atoms with E-state index < -0.39 is 21.8 Å². The van der Waals surface area contributed by atoms with E-state index in [1.54, 1.807) is 31.4 Å². The quantitative estimate of drug-likeness (QED) is 0.669. The molecule has 0 unspecified atom stereocenters. The molecule has 1 aliphatic rings. The minimum atomic E-state index is -3.77. The van der Waals surface area contributed by atoms with Gasteiger partial charge in [0.15, 0.2) is 0 Å². The maximum Gasteiger partial charge on any atom is 0.243 e. The molecule has 2 aromatic rings. The van der Waals surface area contributed by atoms with Gasteiger partial charge in [0.1, 0.15) is 23.9 Å². The molecule has 1 fully saturated rings. The first-order valence-electron chi connectivity index (χ1n) is 10.1. The van der Waals surface area contributed by atoms with Crippen LogP contribution in [-0.4, -0.2) is 51.5 Å².